The third-order valence-corrected chi connectivity index (χ3v) is 4.70. The Bertz CT molecular complexity index is 934. The molecule has 3 aromatic rings. The second-order valence-electron chi connectivity index (χ2n) is 5.99. The molecule has 0 N–H and O–H groups in total. The van der Waals surface area contributed by atoms with E-state index in [1.54, 1.807) is 6.07 Å². The summed E-state index contributed by atoms with van der Waals surface area (Å²) in [7, 11) is 0. The molecular weight excluding hydrogens is 398 g/mol. The molecule has 4 rings (SSSR count). The van der Waals surface area contributed by atoms with Crippen LogP contribution in [0.4, 0.5) is 5.88 Å². The van der Waals surface area contributed by atoms with E-state index >= 15 is 0 Å². The SMILES string of the molecule is N#Cc1nc(-c2ccc(COc3ccc(Br)cc3)o2)oc1N1CCCC1. The van der Waals surface area contributed by atoms with Crippen molar-refractivity contribution in [3.05, 3.63) is 52.3 Å². The highest BCUT2D eigenvalue weighted by molar-refractivity contribution is 9.10. The van der Waals surface area contributed by atoms with Gasteiger partial charge in [-0.3, -0.25) is 0 Å². The van der Waals surface area contributed by atoms with E-state index in [1.165, 1.54) is 0 Å². The van der Waals surface area contributed by atoms with Crippen LogP contribution in [0, 0.1) is 11.3 Å². The highest BCUT2D eigenvalue weighted by Crippen LogP contribution is 2.31. The van der Waals surface area contributed by atoms with Crippen LogP contribution >= 0.6 is 15.9 Å². The lowest BCUT2D eigenvalue weighted by atomic mass is 10.3. The van der Waals surface area contributed by atoms with Crippen LogP contribution in [0.5, 0.6) is 5.75 Å². The van der Waals surface area contributed by atoms with Gasteiger partial charge in [-0.1, -0.05) is 15.9 Å². The Kier molecular flexibility index (Phi) is 4.67. The highest BCUT2D eigenvalue weighted by atomic mass is 79.9. The molecule has 1 aromatic carbocycles. The van der Waals surface area contributed by atoms with Crippen LogP contribution in [0.2, 0.25) is 0 Å². The van der Waals surface area contributed by atoms with Gasteiger partial charge >= 0.3 is 0 Å². The fourth-order valence-electron chi connectivity index (χ4n) is 2.88. The third-order valence-electron chi connectivity index (χ3n) is 4.18. The van der Waals surface area contributed by atoms with Crippen molar-refractivity contribution >= 4 is 21.8 Å². The Balaban J connectivity index is 1.49. The minimum Gasteiger partial charge on any atom is -0.486 e. The maximum absolute atomic E-state index is 9.32. The molecule has 1 aliphatic rings. The van der Waals surface area contributed by atoms with Crippen LogP contribution in [0.3, 0.4) is 0 Å². The number of ether oxygens (including phenoxy) is 1. The average molecular weight is 414 g/mol. The van der Waals surface area contributed by atoms with Gasteiger partial charge in [0, 0.05) is 17.6 Å². The predicted octanol–water partition coefficient (Wildman–Crippen LogP) is 4.75. The summed E-state index contributed by atoms with van der Waals surface area (Å²) in [4.78, 5) is 6.33. The number of halogens is 1. The van der Waals surface area contributed by atoms with Crippen LogP contribution in [0.25, 0.3) is 11.7 Å². The van der Waals surface area contributed by atoms with Crippen molar-refractivity contribution in [3.63, 3.8) is 0 Å². The molecule has 0 aliphatic carbocycles. The number of nitriles is 1. The zero-order chi connectivity index (χ0) is 17.9. The van der Waals surface area contributed by atoms with Crippen molar-refractivity contribution < 1.29 is 13.6 Å². The number of rotatable bonds is 5. The Labute approximate surface area is 159 Å². The molecule has 0 spiro atoms. The number of hydrogen-bond acceptors (Lipinski definition) is 6. The van der Waals surface area contributed by atoms with Crippen molar-refractivity contribution in [2.24, 2.45) is 0 Å². The van der Waals surface area contributed by atoms with Crippen LogP contribution in [-0.2, 0) is 6.61 Å². The topological polar surface area (TPSA) is 75.4 Å². The van der Waals surface area contributed by atoms with Gasteiger partial charge in [-0.25, -0.2) is 0 Å². The molecule has 26 heavy (non-hydrogen) atoms. The maximum atomic E-state index is 9.32. The molecule has 1 fully saturated rings. The molecule has 3 heterocycles. The lowest BCUT2D eigenvalue weighted by Gasteiger charge is -2.12. The first-order chi connectivity index (χ1) is 12.7. The van der Waals surface area contributed by atoms with E-state index in [2.05, 4.69) is 31.9 Å². The fraction of sp³-hybridized carbons (Fsp3) is 0.263. The van der Waals surface area contributed by atoms with Crippen molar-refractivity contribution in [2.75, 3.05) is 18.0 Å². The first-order valence-electron chi connectivity index (χ1n) is 8.36. The molecule has 0 amide bonds. The minimum atomic E-state index is 0.297. The normalized spacial score (nSPS) is 13.8. The summed E-state index contributed by atoms with van der Waals surface area (Å²) in [5, 5.41) is 9.32. The number of oxazole rings is 1. The number of nitrogens with zero attached hydrogens (tertiary/aromatic N) is 3. The quantitative estimate of drug-likeness (QED) is 0.600. The lowest BCUT2D eigenvalue weighted by Crippen LogP contribution is -2.17. The van der Waals surface area contributed by atoms with Gasteiger partial charge in [-0.05, 0) is 49.2 Å². The van der Waals surface area contributed by atoms with Gasteiger partial charge in [-0.2, -0.15) is 10.2 Å². The van der Waals surface area contributed by atoms with Crippen LogP contribution in [0.15, 0.2) is 49.7 Å². The molecule has 7 heteroatoms. The van der Waals surface area contributed by atoms with Crippen LogP contribution in [-0.4, -0.2) is 18.1 Å². The standard InChI is InChI=1S/C19H16BrN3O3/c20-13-3-5-14(6-4-13)24-12-15-7-8-17(25-15)18-22-16(11-21)19(26-18)23-9-1-2-10-23/h3-8H,1-2,9-10,12H2. The maximum Gasteiger partial charge on any atom is 0.266 e. The summed E-state index contributed by atoms with van der Waals surface area (Å²) >= 11 is 3.39. The summed E-state index contributed by atoms with van der Waals surface area (Å²) in [5.41, 5.74) is 0.297. The van der Waals surface area contributed by atoms with E-state index in [4.69, 9.17) is 13.6 Å². The highest BCUT2D eigenvalue weighted by Gasteiger charge is 2.24. The molecule has 1 aliphatic heterocycles. The average Bonchev–Trinajstić information content (AvgIpc) is 3.40. The van der Waals surface area contributed by atoms with Gasteiger partial charge in [0.1, 0.15) is 24.2 Å². The monoisotopic (exact) mass is 413 g/mol. The van der Waals surface area contributed by atoms with Gasteiger partial charge in [0.05, 0.1) is 0 Å². The van der Waals surface area contributed by atoms with Crippen molar-refractivity contribution in [1.82, 2.24) is 4.98 Å². The molecule has 0 bridgehead atoms. The Morgan fingerprint density at radius 2 is 1.88 bits per heavy atom. The Hall–Kier alpha value is -2.72. The fourth-order valence-corrected chi connectivity index (χ4v) is 3.14. The number of hydrogen-bond donors (Lipinski definition) is 0. The van der Waals surface area contributed by atoms with Crippen LogP contribution < -0.4 is 9.64 Å². The summed E-state index contributed by atoms with van der Waals surface area (Å²) in [5.74, 6) is 2.75. The van der Waals surface area contributed by atoms with E-state index in [1.807, 2.05) is 30.3 Å². The van der Waals surface area contributed by atoms with Crippen molar-refractivity contribution in [3.8, 4) is 23.5 Å². The zero-order valence-electron chi connectivity index (χ0n) is 13.9. The van der Waals surface area contributed by atoms with E-state index < -0.39 is 0 Å². The smallest absolute Gasteiger partial charge is 0.266 e. The Morgan fingerprint density at radius 3 is 2.62 bits per heavy atom. The number of aromatic nitrogens is 1. The summed E-state index contributed by atoms with van der Waals surface area (Å²) < 4.78 is 18.3. The molecule has 0 atom stereocenters. The molecule has 132 valence electrons. The van der Waals surface area contributed by atoms with E-state index in [9.17, 15) is 5.26 Å². The molecule has 1 saturated heterocycles. The molecule has 0 unspecified atom stereocenters. The largest absolute Gasteiger partial charge is 0.486 e. The molecule has 0 saturated carbocycles. The number of anilines is 1. The molecule has 6 nitrogen and oxygen atoms in total. The second-order valence-corrected chi connectivity index (χ2v) is 6.90. The van der Waals surface area contributed by atoms with Gasteiger partial charge < -0.3 is 18.5 Å². The number of furan rings is 1. The summed E-state index contributed by atoms with van der Waals surface area (Å²) in [6.45, 7) is 2.06. The van der Waals surface area contributed by atoms with Crippen molar-refractivity contribution in [1.29, 1.82) is 5.26 Å². The zero-order valence-corrected chi connectivity index (χ0v) is 15.5. The Morgan fingerprint density at radius 1 is 1.12 bits per heavy atom. The summed E-state index contributed by atoms with van der Waals surface area (Å²) in [6, 6.07) is 13.3. The molecule has 0 radical (unpaired) electrons. The lowest BCUT2D eigenvalue weighted by molar-refractivity contribution is 0.271. The van der Waals surface area contributed by atoms with Gasteiger partial charge in [0.25, 0.3) is 5.89 Å². The second kappa shape index (κ2) is 7.26. The number of benzene rings is 1. The van der Waals surface area contributed by atoms with Gasteiger partial charge in [-0.15, -0.1) is 0 Å². The summed E-state index contributed by atoms with van der Waals surface area (Å²) in [6.07, 6.45) is 2.19. The van der Waals surface area contributed by atoms with E-state index in [-0.39, 0.29) is 0 Å². The molecular formula is C19H16BrN3O3. The first kappa shape index (κ1) is 16.7. The third kappa shape index (κ3) is 3.46. The van der Waals surface area contributed by atoms with Gasteiger partial charge in [0.2, 0.25) is 11.6 Å². The van der Waals surface area contributed by atoms with E-state index in [0.717, 1.165) is 36.2 Å². The first-order valence-corrected chi connectivity index (χ1v) is 9.15. The molecule has 2 aromatic heterocycles. The predicted molar refractivity (Wildman–Crippen MR) is 98.8 cm³/mol. The minimum absolute atomic E-state index is 0.297. The van der Waals surface area contributed by atoms with E-state index in [0.29, 0.717) is 35.6 Å². The van der Waals surface area contributed by atoms with Gasteiger partial charge in [0.15, 0.2) is 5.76 Å². The van der Waals surface area contributed by atoms with Crippen LogP contribution in [0.1, 0.15) is 24.3 Å². The van der Waals surface area contributed by atoms with Crippen molar-refractivity contribution in [2.45, 2.75) is 19.4 Å².